The van der Waals surface area contributed by atoms with Crippen LogP contribution in [0, 0.1) is 5.95 Å². The largest absolute Gasteiger partial charge is 0.408 e. The van der Waals surface area contributed by atoms with Crippen molar-refractivity contribution in [2.45, 2.75) is 38.4 Å². The Labute approximate surface area is 158 Å². The first-order valence-corrected chi connectivity index (χ1v) is 8.85. The van der Waals surface area contributed by atoms with Crippen molar-refractivity contribution in [3.05, 3.63) is 59.6 Å². The van der Waals surface area contributed by atoms with E-state index in [-0.39, 0.29) is 5.95 Å². The van der Waals surface area contributed by atoms with Crippen molar-refractivity contribution in [1.29, 1.82) is 0 Å². The molecule has 1 aliphatic carbocycles. The van der Waals surface area contributed by atoms with Crippen LogP contribution in [0.2, 0.25) is 0 Å². The smallest absolute Gasteiger partial charge is 0.343 e. The van der Waals surface area contributed by atoms with Gasteiger partial charge in [-0.15, -0.1) is 0 Å². The molecule has 0 aromatic carbocycles. The van der Waals surface area contributed by atoms with Gasteiger partial charge in [-0.25, -0.2) is 15.0 Å². The summed E-state index contributed by atoms with van der Waals surface area (Å²) in [4.78, 5) is 12.4. The second-order valence-corrected chi connectivity index (χ2v) is 6.70. The lowest BCUT2D eigenvalue weighted by Gasteiger charge is -2.18. The van der Waals surface area contributed by atoms with Crippen LogP contribution in [-0.4, -0.2) is 31.6 Å². The lowest BCUT2D eigenvalue weighted by Crippen LogP contribution is -2.33. The van der Waals surface area contributed by atoms with Crippen LogP contribution in [0.4, 0.5) is 23.5 Å². The van der Waals surface area contributed by atoms with E-state index in [9.17, 15) is 17.6 Å². The molecule has 5 nitrogen and oxygen atoms in total. The summed E-state index contributed by atoms with van der Waals surface area (Å²) in [5.41, 5.74) is 3.50. The zero-order valence-corrected chi connectivity index (χ0v) is 15.0. The fourth-order valence-electron chi connectivity index (χ4n) is 3.19. The summed E-state index contributed by atoms with van der Waals surface area (Å²) < 4.78 is 53.6. The monoisotopic (exact) mass is 391 g/mol. The van der Waals surface area contributed by atoms with Gasteiger partial charge in [-0.05, 0) is 49.5 Å². The van der Waals surface area contributed by atoms with Crippen LogP contribution in [0.5, 0.6) is 0 Å². The number of anilines is 1. The summed E-state index contributed by atoms with van der Waals surface area (Å²) in [6.45, 7) is 1.02. The maximum atomic E-state index is 13.9. The molecule has 0 saturated heterocycles. The van der Waals surface area contributed by atoms with E-state index in [1.54, 1.807) is 12.3 Å². The van der Waals surface area contributed by atoms with Crippen LogP contribution in [-0.2, 0) is 6.42 Å². The van der Waals surface area contributed by atoms with Crippen molar-refractivity contribution in [2.75, 3.05) is 5.32 Å². The molecule has 0 fully saturated rings. The highest BCUT2D eigenvalue weighted by Gasteiger charge is 2.36. The summed E-state index contributed by atoms with van der Waals surface area (Å²) in [5, 5.41) is 2.31. The number of rotatable bonds is 3. The number of hydrogen-bond donors (Lipinski definition) is 1. The molecule has 0 amide bonds. The zero-order valence-electron chi connectivity index (χ0n) is 15.0. The molecular weight excluding hydrogens is 374 g/mol. The van der Waals surface area contributed by atoms with E-state index in [1.807, 2.05) is 12.1 Å². The van der Waals surface area contributed by atoms with Crippen LogP contribution in [0.25, 0.3) is 11.2 Å². The van der Waals surface area contributed by atoms with Gasteiger partial charge in [-0.3, -0.25) is 4.40 Å². The molecule has 3 aromatic heterocycles. The maximum Gasteiger partial charge on any atom is 0.408 e. The first-order chi connectivity index (χ1) is 13.3. The average molecular weight is 391 g/mol. The Morgan fingerprint density at radius 2 is 2.00 bits per heavy atom. The number of nitrogens with one attached hydrogen (secondary N) is 1. The quantitative estimate of drug-likeness (QED) is 0.673. The van der Waals surface area contributed by atoms with Gasteiger partial charge in [0.15, 0.2) is 0 Å². The van der Waals surface area contributed by atoms with Gasteiger partial charge < -0.3 is 5.32 Å². The minimum absolute atomic E-state index is 0.0547. The van der Waals surface area contributed by atoms with Crippen LogP contribution >= 0.6 is 0 Å². The fraction of sp³-hybridized carbons (Fsp3) is 0.316. The van der Waals surface area contributed by atoms with Crippen molar-refractivity contribution in [3.63, 3.8) is 0 Å². The predicted molar refractivity (Wildman–Crippen MR) is 96.3 cm³/mol. The molecule has 3 aromatic rings. The Kier molecular flexibility index (Phi) is 4.52. The van der Waals surface area contributed by atoms with Crippen molar-refractivity contribution >= 4 is 17.2 Å². The van der Waals surface area contributed by atoms with Crippen molar-refractivity contribution in [3.8, 4) is 0 Å². The molecule has 146 valence electrons. The Morgan fingerprint density at radius 3 is 2.79 bits per heavy atom. The summed E-state index contributed by atoms with van der Waals surface area (Å²) in [6.07, 6.45) is 4.17. The molecule has 9 heteroatoms. The normalized spacial score (nSPS) is 15.7. The highest BCUT2D eigenvalue weighted by atomic mass is 19.4. The van der Waals surface area contributed by atoms with Gasteiger partial charge in [0.05, 0.1) is 11.9 Å². The van der Waals surface area contributed by atoms with E-state index in [0.717, 1.165) is 42.7 Å². The van der Waals surface area contributed by atoms with Gasteiger partial charge >= 0.3 is 6.18 Å². The van der Waals surface area contributed by atoms with Gasteiger partial charge in [0, 0.05) is 18.0 Å². The third kappa shape index (κ3) is 3.44. The van der Waals surface area contributed by atoms with E-state index in [0.29, 0.717) is 17.8 Å². The zero-order chi connectivity index (χ0) is 19.9. The average Bonchev–Trinajstić information content (AvgIpc) is 2.89. The number of fused-ring (bicyclic) bond motifs is 2. The standard InChI is InChI=1S/C19H17F4N5/c1-11(19(21,22)23)26-18-25-8-14-13(4-2-3-5-15(14)27-18)12-6-7-17-24-9-16(20)28(17)10-12/h4,6-11H,2-3,5H2,1H3,(H,25,26,27)/t11-/m0/s1. The molecule has 0 saturated carbocycles. The number of alkyl halides is 3. The third-order valence-electron chi connectivity index (χ3n) is 4.73. The lowest BCUT2D eigenvalue weighted by molar-refractivity contribution is -0.138. The first-order valence-electron chi connectivity index (χ1n) is 8.85. The Bertz CT molecular complexity index is 1050. The predicted octanol–water partition coefficient (Wildman–Crippen LogP) is 4.39. The number of nitrogens with zero attached hydrogens (tertiary/aromatic N) is 4. The van der Waals surface area contributed by atoms with Crippen molar-refractivity contribution in [2.24, 2.45) is 0 Å². The number of hydrogen-bond acceptors (Lipinski definition) is 4. The molecule has 0 radical (unpaired) electrons. The van der Waals surface area contributed by atoms with Crippen molar-refractivity contribution in [1.82, 2.24) is 19.4 Å². The molecule has 1 aliphatic rings. The van der Waals surface area contributed by atoms with E-state index in [1.165, 1.54) is 10.6 Å². The summed E-state index contributed by atoms with van der Waals surface area (Å²) in [6, 6.07) is 1.80. The number of aromatic nitrogens is 4. The fourth-order valence-corrected chi connectivity index (χ4v) is 3.19. The van der Waals surface area contributed by atoms with E-state index < -0.39 is 18.2 Å². The lowest BCUT2D eigenvalue weighted by atomic mass is 9.99. The van der Waals surface area contributed by atoms with Gasteiger partial charge in [0.1, 0.15) is 11.7 Å². The maximum absolute atomic E-state index is 13.9. The molecular formula is C19H17F4N5. The molecule has 1 atom stereocenters. The van der Waals surface area contributed by atoms with E-state index in [2.05, 4.69) is 20.3 Å². The SMILES string of the molecule is C[C@H](Nc1ncc2c(n1)CCCC=C2c1ccc2ncc(F)n2c1)C(F)(F)F. The number of imidazole rings is 1. The highest BCUT2D eigenvalue weighted by molar-refractivity contribution is 5.81. The molecule has 4 rings (SSSR count). The Hall–Kier alpha value is -2.97. The molecule has 3 heterocycles. The van der Waals surface area contributed by atoms with Crippen LogP contribution in [0.1, 0.15) is 36.6 Å². The molecule has 0 spiro atoms. The number of pyridine rings is 1. The summed E-state index contributed by atoms with van der Waals surface area (Å²) in [5.74, 6) is -0.524. The minimum Gasteiger partial charge on any atom is -0.343 e. The Balaban J connectivity index is 1.71. The summed E-state index contributed by atoms with van der Waals surface area (Å²) in [7, 11) is 0. The van der Waals surface area contributed by atoms with Gasteiger partial charge in [0.25, 0.3) is 0 Å². The molecule has 28 heavy (non-hydrogen) atoms. The van der Waals surface area contributed by atoms with E-state index in [4.69, 9.17) is 0 Å². The van der Waals surface area contributed by atoms with E-state index >= 15 is 0 Å². The second kappa shape index (κ2) is 6.88. The molecule has 0 bridgehead atoms. The van der Waals surface area contributed by atoms with Crippen LogP contribution in [0.15, 0.2) is 36.8 Å². The van der Waals surface area contributed by atoms with Crippen LogP contribution in [0.3, 0.4) is 0 Å². The highest BCUT2D eigenvalue weighted by Crippen LogP contribution is 2.31. The number of halogens is 4. The first kappa shape index (κ1) is 18.4. The van der Waals surface area contributed by atoms with Crippen molar-refractivity contribution < 1.29 is 17.6 Å². The Morgan fingerprint density at radius 1 is 1.18 bits per heavy atom. The molecule has 1 N–H and O–H groups in total. The van der Waals surface area contributed by atoms with Crippen LogP contribution < -0.4 is 5.32 Å². The van der Waals surface area contributed by atoms with Gasteiger partial charge in [-0.1, -0.05) is 6.08 Å². The number of aryl methyl sites for hydroxylation is 1. The van der Waals surface area contributed by atoms with Gasteiger partial charge in [0.2, 0.25) is 11.9 Å². The third-order valence-corrected chi connectivity index (χ3v) is 4.73. The molecule has 0 aliphatic heterocycles. The molecule has 0 unspecified atom stereocenters. The topological polar surface area (TPSA) is 55.1 Å². The van der Waals surface area contributed by atoms with Gasteiger partial charge in [-0.2, -0.15) is 17.6 Å². The second-order valence-electron chi connectivity index (χ2n) is 6.70. The summed E-state index contributed by atoms with van der Waals surface area (Å²) >= 11 is 0. The minimum atomic E-state index is -4.38. The number of allylic oxidation sites excluding steroid dienone is 1.